The third kappa shape index (κ3) is 4.25. The molecule has 0 saturated heterocycles. The van der Waals surface area contributed by atoms with Crippen LogP contribution in [0.3, 0.4) is 0 Å². The fourth-order valence-corrected chi connectivity index (χ4v) is 8.20. The van der Waals surface area contributed by atoms with E-state index in [-0.39, 0.29) is 0 Å². The van der Waals surface area contributed by atoms with Crippen LogP contribution in [-0.2, 0) is 0 Å². The van der Waals surface area contributed by atoms with Crippen molar-refractivity contribution in [3.63, 3.8) is 0 Å². The van der Waals surface area contributed by atoms with E-state index in [4.69, 9.17) is 19.4 Å². The van der Waals surface area contributed by atoms with Crippen LogP contribution in [-0.4, -0.2) is 15.0 Å². The van der Waals surface area contributed by atoms with Crippen molar-refractivity contribution >= 4 is 64.2 Å². The molecule has 0 N–H and O–H groups in total. The average molecular weight is 632 g/mol. The van der Waals surface area contributed by atoms with Crippen molar-refractivity contribution < 1.29 is 4.42 Å². The lowest BCUT2D eigenvalue weighted by Crippen LogP contribution is -2.00. The molecule has 0 aliphatic rings. The lowest BCUT2D eigenvalue weighted by atomic mass is 10.0. The van der Waals surface area contributed by atoms with E-state index in [2.05, 4.69) is 115 Å². The maximum absolute atomic E-state index is 6.39. The number of hydrogen-bond acceptors (Lipinski definition) is 5. The molecule has 0 bridgehead atoms. The summed E-state index contributed by atoms with van der Waals surface area (Å²) in [7, 11) is 0. The van der Waals surface area contributed by atoms with Crippen molar-refractivity contribution in [1.29, 1.82) is 0 Å². The molecule has 0 radical (unpaired) electrons. The van der Waals surface area contributed by atoms with Crippen LogP contribution >= 0.6 is 11.3 Å². The predicted molar refractivity (Wildman–Crippen MR) is 199 cm³/mol. The Bertz CT molecular complexity index is 2840. The van der Waals surface area contributed by atoms with Crippen LogP contribution in [0.1, 0.15) is 0 Å². The fraction of sp³-hybridized carbons (Fsp3) is 0. The minimum atomic E-state index is 0.612. The Balaban J connectivity index is 1.24. The quantitative estimate of drug-likeness (QED) is 0.194. The van der Waals surface area contributed by atoms with Crippen LogP contribution in [0.25, 0.3) is 98.2 Å². The van der Waals surface area contributed by atoms with Crippen LogP contribution in [0.2, 0.25) is 0 Å². The number of furan rings is 1. The van der Waals surface area contributed by atoms with Crippen molar-refractivity contribution in [2.75, 3.05) is 0 Å². The molecule has 0 spiro atoms. The van der Waals surface area contributed by atoms with Gasteiger partial charge in [0.1, 0.15) is 11.2 Å². The summed E-state index contributed by atoms with van der Waals surface area (Å²) in [4.78, 5) is 15.5. The fourth-order valence-electron chi connectivity index (χ4n) is 6.86. The number of hydrogen-bond donors (Lipinski definition) is 0. The summed E-state index contributed by atoms with van der Waals surface area (Å²) in [6.45, 7) is 0. The molecule has 48 heavy (non-hydrogen) atoms. The van der Waals surface area contributed by atoms with E-state index in [1.807, 2.05) is 36.4 Å². The molecule has 0 unspecified atom stereocenters. The zero-order chi connectivity index (χ0) is 31.6. The lowest BCUT2D eigenvalue weighted by Gasteiger charge is -2.10. The number of thiophene rings is 1. The highest BCUT2D eigenvalue weighted by Gasteiger charge is 2.20. The smallest absolute Gasteiger partial charge is 0.165 e. The summed E-state index contributed by atoms with van der Waals surface area (Å²) in [5, 5.41) is 6.98. The maximum Gasteiger partial charge on any atom is 0.165 e. The Morgan fingerprint density at radius 3 is 1.92 bits per heavy atom. The highest BCUT2D eigenvalue weighted by atomic mass is 32.1. The number of benzene rings is 7. The molecule has 4 nitrogen and oxygen atoms in total. The van der Waals surface area contributed by atoms with Gasteiger partial charge in [0.25, 0.3) is 0 Å². The Morgan fingerprint density at radius 2 is 1.06 bits per heavy atom. The van der Waals surface area contributed by atoms with E-state index in [0.717, 1.165) is 49.8 Å². The molecule has 0 saturated carbocycles. The van der Waals surface area contributed by atoms with Crippen LogP contribution in [0, 0.1) is 0 Å². The van der Waals surface area contributed by atoms with Crippen molar-refractivity contribution in [3.05, 3.63) is 152 Å². The summed E-state index contributed by atoms with van der Waals surface area (Å²) >= 11 is 1.81. The Kier molecular flexibility index (Phi) is 6.01. The first-order chi connectivity index (χ1) is 23.8. The van der Waals surface area contributed by atoms with Gasteiger partial charge in [0.05, 0.1) is 0 Å². The summed E-state index contributed by atoms with van der Waals surface area (Å²) in [6.07, 6.45) is 0. The highest BCUT2D eigenvalue weighted by molar-refractivity contribution is 7.27. The Morgan fingerprint density at radius 1 is 0.396 bits per heavy atom. The Hall–Kier alpha value is -6.17. The molecular weight excluding hydrogens is 607 g/mol. The van der Waals surface area contributed by atoms with Gasteiger partial charge in [-0.2, -0.15) is 0 Å². The molecule has 0 aliphatic heterocycles. The minimum Gasteiger partial charge on any atom is -0.456 e. The van der Waals surface area contributed by atoms with Gasteiger partial charge in [-0.25, -0.2) is 15.0 Å². The van der Waals surface area contributed by atoms with Crippen LogP contribution in [0.15, 0.2) is 156 Å². The van der Waals surface area contributed by atoms with Crippen molar-refractivity contribution in [2.24, 2.45) is 0 Å². The van der Waals surface area contributed by atoms with E-state index in [0.29, 0.717) is 17.5 Å². The molecular formula is C43H25N3OS. The van der Waals surface area contributed by atoms with E-state index < -0.39 is 0 Å². The predicted octanol–water partition coefficient (Wildman–Crippen LogP) is 12.0. The molecule has 0 fully saturated rings. The third-order valence-corrected chi connectivity index (χ3v) is 10.4. The molecule has 5 heteroatoms. The van der Waals surface area contributed by atoms with Gasteiger partial charge in [0.15, 0.2) is 17.5 Å². The molecule has 0 atom stereocenters. The van der Waals surface area contributed by atoms with Crippen LogP contribution in [0.4, 0.5) is 0 Å². The van der Waals surface area contributed by atoms with Gasteiger partial charge in [-0.3, -0.25) is 0 Å². The van der Waals surface area contributed by atoms with Gasteiger partial charge in [0.2, 0.25) is 0 Å². The molecule has 10 rings (SSSR count). The molecule has 3 aromatic heterocycles. The summed E-state index contributed by atoms with van der Waals surface area (Å²) in [5.41, 5.74) is 6.76. The Labute approximate surface area is 279 Å². The molecule has 0 aliphatic carbocycles. The van der Waals surface area contributed by atoms with E-state index in [9.17, 15) is 0 Å². The number of rotatable bonds is 4. The van der Waals surface area contributed by atoms with Crippen molar-refractivity contribution in [2.45, 2.75) is 0 Å². The molecule has 3 heterocycles. The first-order valence-electron chi connectivity index (χ1n) is 15.9. The maximum atomic E-state index is 6.39. The summed E-state index contributed by atoms with van der Waals surface area (Å²) in [5.74, 6) is 1.89. The molecule has 224 valence electrons. The SMILES string of the molecule is c1ccc(-c2ccc3oc4cccc(-c5nc(-c6ccccc6)nc(-c6cccc7c6sc6c8ccccc8ccc76)n5)c4c3c2)cc1. The summed E-state index contributed by atoms with van der Waals surface area (Å²) < 4.78 is 8.83. The van der Waals surface area contributed by atoms with Crippen molar-refractivity contribution in [3.8, 4) is 45.3 Å². The first-order valence-corrected chi connectivity index (χ1v) is 16.8. The standard InChI is InChI=1S/C43H25N3OS/c1-3-11-26(12-4-1)29-22-24-36-35(25-29)38-33(18-10-20-37(38)47-36)42-44-41(28-14-5-2-6-15-28)45-43(46-42)34-19-9-17-31-32-23-21-27-13-7-8-16-30(27)39(32)48-40(31)34/h1-25H. The van der Waals surface area contributed by atoms with E-state index in [1.165, 1.54) is 30.9 Å². The lowest BCUT2D eigenvalue weighted by molar-refractivity contribution is 0.669. The average Bonchev–Trinajstić information content (AvgIpc) is 3.74. The number of nitrogens with zero attached hydrogens (tertiary/aromatic N) is 3. The van der Waals surface area contributed by atoms with Gasteiger partial charge in [-0.15, -0.1) is 11.3 Å². The van der Waals surface area contributed by atoms with Crippen LogP contribution < -0.4 is 0 Å². The van der Waals surface area contributed by atoms with Gasteiger partial charge in [0, 0.05) is 47.6 Å². The number of fused-ring (bicyclic) bond motifs is 8. The van der Waals surface area contributed by atoms with Crippen LogP contribution in [0.5, 0.6) is 0 Å². The highest BCUT2D eigenvalue weighted by Crippen LogP contribution is 2.43. The van der Waals surface area contributed by atoms with Gasteiger partial charge >= 0.3 is 0 Å². The van der Waals surface area contributed by atoms with E-state index in [1.54, 1.807) is 11.3 Å². The topological polar surface area (TPSA) is 51.8 Å². The normalized spacial score (nSPS) is 11.8. The second-order valence-electron chi connectivity index (χ2n) is 12.0. The largest absolute Gasteiger partial charge is 0.456 e. The molecule has 10 aromatic rings. The second-order valence-corrected chi connectivity index (χ2v) is 13.0. The second kappa shape index (κ2) is 10.7. The van der Waals surface area contributed by atoms with Gasteiger partial charge in [-0.1, -0.05) is 127 Å². The van der Waals surface area contributed by atoms with Crippen molar-refractivity contribution in [1.82, 2.24) is 15.0 Å². The zero-order valence-corrected chi connectivity index (χ0v) is 26.4. The minimum absolute atomic E-state index is 0.612. The molecule has 0 amide bonds. The van der Waals surface area contributed by atoms with Gasteiger partial charge < -0.3 is 4.42 Å². The van der Waals surface area contributed by atoms with Gasteiger partial charge in [-0.05, 0) is 46.2 Å². The summed E-state index contributed by atoms with van der Waals surface area (Å²) in [6, 6.07) is 52.6. The monoisotopic (exact) mass is 631 g/mol. The zero-order valence-electron chi connectivity index (χ0n) is 25.6. The number of aromatic nitrogens is 3. The first kappa shape index (κ1) is 27.0. The molecule has 7 aromatic carbocycles. The van der Waals surface area contributed by atoms with E-state index >= 15 is 0 Å². The third-order valence-electron chi connectivity index (χ3n) is 9.14.